The quantitative estimate of drug-likeness (QED) is 0.287. The zero-order valence-corrected chi connectivity index (χ0v) is 20.6. The molecule has 0 saturated heterocycles. The highest BCUT2D eigenvalue weighted by molar-refractivity contribution is 9.10. The van der Waals surface area contributed by atoms with E-state index in [1.165, 1.54) is 15.9 Å². The van der Waals surface area contributed by atoms with E-state index in [9.17, 15) is 4.79 Å². The van der Waals surface area contributed by atoms with Gasteiger partial charge in [0.05, 0.1) is 5.56 Å². The number of ether oxygens (including phenoxy) is 1. The molecule has 1 aliphatic rings. The van der Waals surface area contributed by atoms with Gasteiger partial charge in [-0.3, -0.25) is 0 Å². The third-order valence-electron chi connectivity index (χ3n) is 5.56. The first-order chi connectivity index (χ1) is 14.7. The summed E-state index contributed by atoms with van der Waals surface area (Å²) in [6.45, 7) is 0. The number of hydrogen-bond donors (Lipinski definition) is 0. The Morgan fingerprint density at radius 3 is 1.58 bits per heavy atom. The number of carbonyl (C=O) groups excluding carboxylic acids is 1. The van der Waals surface area contributed by atoms with Gasteiger partial charge in [-0.05, 0) is 54.6 Å². The molecule has 0 radical (unpaired) electrons. The molecule has 1 unspecified atom stereocenters. The molecule has 0 bridgehead atoms. The number of carbonyl (C=O) groups is 1. The van der Waals surface area contributed by atoms with E-state index in [2.05, 4.69) is 88.7 Å². The Bertz CT molecular complexity index is 1100. The summed E-state index contributed by atoms with van der Waals surface area (Å²) in [7, 11) is -2.35. The minimum absolute atomic E-state index is 0. The minimum atomic E-state index is -2.35. The molecule has 2 nitrogen and oxygen atoms in total. The first-order valence-corrected chi connectivity index (χ1v) is 12.4. The summed E-state index contributed by atoms with van der Waals surface area (Å²) in [5.41, 5.74) is 1.59. The van der Waals surface area contributed by atoms with Crippen LogP contribution in [0, 0.1) is 0 Å². The predicted octanol–water partition coefficient (Wildman–Crippen LogP) is 2.62. The molecule has 31 heavy (non-hydrogen) atoms. The molecule has 4 aromatic rings. The number of cyclic esters (lactones) is 1. The van der Waals surface area contributed by atoms with E-state index in [-0.39, 0.29) is 28.8 Å². The molecule has 0 fully saturated rings. The summed E-state index contributed by atoms with van der Waals surface area (Å²) in [4.78, 5) is 12.9. The van der Waals surface area contributed by atoms with Crippen molar-refractivity contribution >= 4 is 45.1 Å². The number of esters is 1. The zero-order valence-electron chi connectivity index (χ0n) is 16.5. The van der Waals surface area contributed by atoms with Gasteiger partial charge in [-0.2, -0.15) is 0 Å². The van der Waals surface area contributed by atoms with E-state index < -0.39 is 7.26 Å². The van der Waals surface area contributed by atoms with Crippen LogP contribution in [0.4, 0.5) is 0 Å². The van der Waals surface area contributed by atoms with E-state index >= 15 is 0 Å². The van der Waals surface area contributed by atoms with E-state index in [0.717, 1.165) is 10.0 Å². The summed E-state index contributed by atoms with van der Waals surface area (Å²) in [5.74, 6) is -0.639. The van der Waals surface area contributed by atoms with Crippen molar-refractivity contribution in [2.45, 2.75) is 5.85 Å². The number of benzene rings is 4. The number of fused-ring (bicyclic) bond motifs is 1. The van der Waals surface area contributed by atoms with Crippen molar-refractivity contribution in [1.29, 1.82) is 0 Å². The van der Waals surface area contributed by atoms with Crippen molar-refractivity contribution in [2.24, 2.45) is 0 Å². The molecule has 0 N–H and O–H groups in total. The Morgan fingerprint density at radius 2 is 1.13 bits per heavy atom. The minimum Gasteiger partial charge on any atom is -1.00 e. The molecule has 5 rings (SSSR count). The SMILES string of the molecule is O=C1OC([P+](c2ccccc2)(c2ccccc2)c2ccccc2)c2cc(Br)ccc21.[Br-]. The van der Waals surface area contributed by atoms with Crippen LogP contribution in [0.2, 0.25) is 0 Å². The zero-order chi connectivity index (χ0) is 20.6. The molecule has 0 saturated carbocycles. The summed E-state index contributed by atoms with van der Waals surface area (Å²) in [6, 6.07) is 37.2. The first-order valence-electron chi connectivity index (χ1n) is 9.77. The summed E-state index contributed by atoms with van der Waals surface area (Å²) in [6.07, 6.45) is 0. The number of hydrogen-bond acceptors (Lipinski definition) is 2. The van der Waals surface area contributed by atoms with Crippen LogP contribution in [0.15, 0.2) is 114 Å². The molecule has 0 spiro atoms. The van der Waals surface area contributed by atoms with Crippen LogP contribution < -0.4 is 32.9 Å². The van der Waals surface area contributed by atoms with E-state index in [0.29, 0.717) is 5.56 Å². The lowest BCUT2D eigenvalue weighted by Crippen LogP contribution is -3.00. The molecule has 1 heterocycles. The van der Waals surface area contributed by atoms with Gasteiger partial charge in [-0.25, -0.2) is 4.79 Å². The maximum Gasteiger partial charge on any atom is 0.342 e. The van der Waals surface area contributed by atoms with Crippen LogP contribution in [0.3, 0.4) is 0 Å². The topological polar surface area (TPSA) is 26.3 Å². The third-order valence-corrected chi connectivity index (χ3v) is 10.5. The van der Waals surface area contributed by atoms with Gasteiger partial charge in [0, 0.05) is 10.0 Å². The summed E-state index contributed by atoms with van der Waals surface area (Å²) >= 11 is 3.59. The smallest absolute Gasteiger partial charge is 0.342 e. The molecule has 154 valence electrons. The summed E-state index contributed by atoms with van der Waals surface area (Å²) < 4.78 is 7.15. The van der Waals surface area contributed by atoms with Crippen molar-refractivity contribution in [3.05, 3.63) is 125 Å². The van der Waals surface area contributed by atoms with Crippen LogP contribution >= 0.6 is 23.2 Å². The second-order valence-corrected chi connectivity index (χ2v) is 11.6. The van der Waals surface area contributed by atoms with Gasteiger partial charge >= 0.3 is 5.97 Å². The van der Waals surface area contributed by atoms with E-state index in [1.54, 1.807) is 0 Å². The van der Waals surface area contributed by atoms with Gasteiger partial charge < -0.3 is 21.7 Å². The fraction of sp³-hybridized carbons (Fsp3) is 0.0385. The fourth-order valence-corrected chi connectivity index (χ4v) is 9.18. The van der Waals surface area contributed by atoms with Crippen LogP contribution in [-0.4, -0.2) is 5.97 Å². The second kappa shape index (κ2) is 9.08. The van der Waals surface area contributed by atoms with Crippen LogP contribution in [0.5, 0.6) is 0 Å². The van der Waals surface area contributed by atoms with Crippen LogP contribution in [0.1, 0.15) is 21.8 Å². The molecule has 0 amide bonds. The standard InChI is InChI=1S/C26H19BrO2P.BrH/c27-19-16-17-23-24(18-19)26(29-25(23)28)30(20-10-4-1-5-11-20,21-12-6-2-7-13-21)22-14-8-3-9-15-22;/h1-18,26H;1H/q+1;/p-1. The van der Waals surface area contributed by atoms with E-state index in [4.69, 9.17) is 4.74 Å². The second-order valence-electron chi connectivity index (χ2n) is 7.22. The summed E-state index contributed by atoms with van der Waals surface area (Å²) in [5, 5.41) is 3.56. The number of rotatable bonds is 4. The van der Waals surface area contributed by atoms with Crippen molar-refractivity contribution in [3.63, 3.8) is 0 Å². The first kappa shape index (κ1) is 22.0. The molecule has 0 aromatic heterocycles. The lowest BCUT2D eigenvalue weighted by molar-refractivity contribution is -0.0000231. The predicted molar refractivity (Wildman–Crippen MR) is 127 cm³/mol. The maximum atomic E-state index is 12.9. The van der Waals surface area contributed by atoms with Crippen molar-refractivity contribution in [2.75, 3.05) is 0 Å². The molecule has 0 aliphatic carbocycles. The highest BCUT2D eigenvalue weighted by Crippen LogP contribution is 2.69. The number of halogens is 2. The third kappa shape index (κ3) is 3.67. The Balaban J connectivity index is 0.00000231. The van der Waals surface area contributed by atoms with Gasteiger partial charge in [0.25, 0.3) is 0 Å². The van der Waals surface area contributed by atoms with Gasteiger partial charge in [-0.15, -0.1) is 0 Å². The maximum absolute atomic E-state index is 12.9. The lowest BCUT2D eigenvalue weighted by Gasteiger charge is -2.31. The van der Waals surface area contributed by atoms with Gasteiger partial charge in [0.1, 0.15) is 15.9 Å². The molecular formula is C26H19Br2O2P. The lowest BCUT2D eigenvalue weighted by atomic mass is 10.1. The molecule has 4 aromatic carbocycles. The Hall–Kier alpha value is -2.26. The monoisotopic (exact) mass is 552 g/mol. The van der Waals surface area contributed by atoms with Crippen LogP contribution in [0.25, 0.3) is 0 Å². The normalized spacial score (nSPS) is 15.0. The van der Waals surface area contributed by atoms with Crippen molar-refractivity contribution in [3.8, 4) is 0 Å². The van der Waals surface area contributed by atoms with Gasteiger partial charge in [-0.1, -0.05) is 70.5 Å². The fourth-order valence-electron chi connectivity index (χ4n) is 4.28. The Kier molecular flexibility index (Phi) is 6.43. The molecule has 1 aliphatic heterocycles. The van der Waals surface area contributed by atoms with Crippen molar-refractivity contribution in [1.82, 2.24) is 0 Å². The van der Waals surface area contributed by atoms with Crippen LogP contribution in [-0.2, 0) is 4.74 Å². The highest BCUT2D eigenvalue weighted by atomic mass is 79.9. The van der Waals surface area contributed by atoms with E-state index in [1.807, 2.05) is 36.4 Å². The molecular weight excluding hydrogens is 535 g/mol. The Labute approximate surface area is 201 Å². The van der Waals surface area contributed by atoms with Gasteiger partial charge in [0.15, 0.2) is 7.26 Å². The molecule has 5 heteroatoms. The average molecular weight is 554 g/mol. The van der Waals surface area contributed by atoms with Crippen molar-refractivity contribution < 1.29 is 26.5 Å². The molecule has 1 atom stereocenters. The Morgan fingerprint density at radius 1 is 0.677 bits per heavy atom. The van der Waals surface area contributed by atoms with Gasteiger partial charge in [0.2, 0.25) is 5.85 Å². The highest BCUT2D eigenvalue weighted by Gasteiger charge is 2.58. The largest absolute Gasteiger partial charge is 1.00 e. The average Bonchev–Trinajstić information content (AvgIpc) is 3.12.